The molecule has 39 heavy (non-hydrogen) atoms. The summed E-state index contributed by atoms with van der Waals surface area (Å²) in [5, 5.41) is 6.60. The van der Waals surface area contributed by atoms with E-state index in [1.54, 1.807) is 6.20 Å². The molecule has 2 aliphatic carbocycles. The molecule has 2 amide bonds. The number of hydrogen-bond donors (Lipinski definition) is 2. The Morgan fingerprint density at radius 2 is 1.74 bits per heavy atom. The third-order valence-electron chi connectivity index (χ3n) is 8.91. The molecule has 2 heterocycles. The van der Waals surface area contributed by atoms with Crippen molar-refractivity contribution in [3.05, 3.63) is 46.2 Å². The highest BCUT2D eigenvalue weighted by atomic mass is 79.9. The molecule has 0 radical (unpaired) electrons. The minimum atomic E-state index is 0.0568. The predicted octanol–water partition coefficient (Wildman–Crippen LogP) is 5.17. The number of likely N-dealkylation sites (tertiary alicyclic amines) is 1. The van der Waals surface area contributed by atoms with Crippen molar-refractivity contribution in [1.82, 2.24) is 25.1 Å². The van der Waals surface area contributed by atoms with Crippen molar-refractivity contribution in [2.45, 2.75) is 76.3 Å². The molecule has 8 nitrogen and oxygen atoms in total. The van der Waals surface area contributed by atoms with Gasteiger partial charge in [-0.25, -0.2) is 9.97 Å². The summed E-state index contributed by atoms with van der Waals surface area (Å²) >= 11 is 3.63. The van der Waals surface area contributed by atoms with E-state index in [1.807, 2.05) is 36.2 Å². The van der Waals surface area contributed by atoms with Gasteiger partial charge in [-0.05, 0) is 111 Å². The molecular weight excluding hydrogens is 556 g/mol. The van der Waals surface area contributed by atoms with Crippen LogP contribution in [0.5, 0.6) is 0 Å². The molecule has 2 atom stereocenters. The summed E-state index contributed by atoms with van der Waals surface area (Å²) in [6, 6.07) is 8.18. The number of amides is 2. The fourth-order valence-electron chi connectivity index (χ4n) is 6.44. The molecule has 210 valence electrons. The summed E-state index contributed by atoms with van der Waals surface area (Å²) < 4.78 is 0.868. The molecule has 2 saturated carbocycles. The van der Waals surface area contributed by atoms with Crippen LogP contribution in [0.2, 0.25) is 0 Å². The summed E-state index contributed by atoms with van der Waals surface area (Å²) in [5.41, 5.74) is 2.43. The van der Waals surface area contributed by atoms with Crippen LogP contribution >= 0.6 is 15.9 Å². The second kappa shape index (κ2) is 12.8. The molecule has 1 saturated heterocycles. The van der Waals surface area contributed by atoms with Gasteiger partial charge in [0, 0.05) is 42.5 Å². The number of hydrogen-bond acceptors (Lipinski definition) is 6. The topological polar surface area (TPSA) is 90.5 Å². The fraction of sp³-hybridized carbons (Fsp3) is 0.600. The molecule has 3 fully saturated rings. The number of carbonyl (C=O) groups excluding carboxylic acids is 2. The van der Waals surface area contributed by atoms with Crippen molar-refractivity contribution in [3.63, 3.8) is 0 Å². The van der Waals surface area contributed by atoms with Crippen LogP contribution in [-0.4, -0.2) is 70.9 Å². The first-order valence-electron chi connectivity index (χ1n) is 14.5. The lowest BCUT2D eigenvalue weighted by Gasteiger charge is -2.35. The fourth-order valence-corrected chi connectivity index (χ4v) is 6.79. The molecule has 5 rings (SSSR count). The first-order valence-corrected chi connectivity index (χ1v) is 15.3. The van der Waals surface area contributed by atoms with Crippen LogP contribution in [0.3, 0.4) is 0 Å². The van der Waals surface area contributed by atoms with Gasteiger partial charge in [-0.2, -0.15) is 0 Å². The number of carbonyl (C=O) groups is 2. The van der Waals surface area contributed by atoms with Crippen molar-refractivity contribution in [2.24, 2.45) is 11.8 Å². The molecule has 1 aromatic carbocycles. The average Bonchev–Trinajstić information content (AvgIpc) is 3.63. The summed E-state index contributed by atoms with van der Waals surface area (Å²) in [4.78, 5) is 39.5. The molecule has 2 N–H and O–H groups in total. The number of aromatic nitrogens is 2. The summed E-state index contributed by atoms with van der Waals surface area (Å²) in [6.07, 6.45) is 12.3. The lowest BCUT2D eigenvalue weighted by molar-refractivity contribution is -0.126. The third kappa shape index (κ3) is 6.98. The summed E-state index contributed by atoms with van der Waals surface area (Å²) in [7, 11) is 4.04. The normalized spacial score (nSPS) is 22.6. The molecule has 0 unspecified atom stereocenters. The molecule has 9 heteroatoms. The monoisotopic (exact) mass is 596 g/mol. The minimum absolute atomic E-state index is 0.0568. The lowest BCUT2D eigenvalue weighted by atomic mass is 9.90. The Hall–Kier alpha value is -2.52. The Morgan fingerprint density at radius 3 is 2.46 bits per heavy atom. The number of nitrogens with zero attached hydrogens (tertiary/aromatic N) is 4. The van der Waals surface area contributed by atoms with E-state index in [0.29, 0.717) is 17.6 Å². The van der Waals surface area contributed by atoms with E-state index in [4.69, 9.17) is 4.98 Å². The van der Waals surface area contributed by atoms with Gasteiger partial charge in [0.15, 0.2) is 0 Å². The highest BCUT2D eigenvalue weighted by molar-refractivity contribution is 9.10. The van der Waals surface area contributed by atoms with Crippen molar-refractivity contribution < 1.29 is 9.59 Å². The van der Waals surface area contributed by atoms with E-state index in [1.165, 1.54) is 12.8 Å². The Balaban J connectivity index is 1.19. The van der Waals surface area contributed by atoms with E-state index < -0.39 is 0 Å². The number of halogens is 1. The maximum Gasteiger partial charge on any atom is 0.253 e. The number of anilines is 2. The van der Waals surface area contributed by atoms with Gasteiger partial charge in [0.1, 0.15) is 0 Å². The number of nitrogens with one attached hydrogen (secondary N) is 2. The number of rotatable bonds is 8. The molecule has 1 aromatic heterocycles. The van der Waals surface area contributed by atoms with Crippen LogP contribution in [0.15, 0.2) is 34.9 Å². The Kier molecular flexibility index (Phi) is 9.17. The van der Waals surface area contributed by atoms with Crippen molar-refractivity contribution in [2.75, 3.05) is 32.5 Å². The van der Waals surface area contributed by atoms with Crippen molar-refractivity contribution in [3.8, 4) is 0 Å². The highest BCUT2D eigenvalue weighted by Crippen LogP contribution is 2.36. The van der Waals surface area contributed by atoms with Gasteiger partial charge >= 0.3 is 0 Å². The van der Waals surface area contributed by atoms with Gasteiger partial charge in [0.25, 0.3) is 5.91 Å². The lowest BCUT2D eigenvalue weighted by Crippen LogP contribution is -2.44. The van der Waals surface area contributed by atoms with Crippen LogP contribution in [0.25, 0.3) is 0 Å². The van der Waals surface area contributed by atoms with Crippen LogP contribution in [0.1, 0.15) is 73.8 Å². The second-order valence-electron chi connectivity index (χ2n) is 11.6. The van der Waals surface area contributed by atoms with E-state index in [9.17, 15) is 9.59 Å². The van der Waals surface area contributed by atoms with E-state index in [-0.39, 0.29) is 29.7 Å². The van der Waals surface area contributed by atoms with E-state index in [0.717, 1.165) is 80.3 Å². The van der Waals surface area contributed by atoms with Gasteiger partial charge < -0.3 is 20.4 Å². The first kappa shape index (κ1) is 28.0. The molecule has 1 aliphatic heterocycles. The zero-order chi connectivity index (χ0) is 27.4. The van der Waals surface area contributed by atoms with Crippen LogP contribution < -0.4 is 10.6 Å². The van der Waals surface area contributed by atoms with Crippen LogP contribution in [0.4, 0.5) is 11.6 Å². The molecule has 3 aliphatic rings. The zero-order valence-corrected chi connectivity index (χ0v) is 24.8. The maximum atomic E-state index is 13.0. The SMILES string of the molecule is CN1CCC(N(C)C(=O)c2ccc(Nc3ncc(Br)c(C[C@@H]4CCC[C@@H]4C(=O)NC4CCCC4)n3)cc2)CC1. The quantitative estimate of drug-likeness (QED) is 0.437. The van der Waals surface area contributed by atoms with Gasteiger partial charge in [-0.15, -0.1) is 0 Å². The van der Waals surface area contributed by atoms with Gasteiger partial charge in [0.2, 0.25) is 11.9 Å². The average molecular weight is 598 g/mol. The largest absolute Gasteiger partial charge is 0.353 e. The molecular formula is C30H41BrN6O2. The minimum Gasteiger partial charge on any atom is -0.353 e. The zero-order valence-electron chi connectivity index (χ0n) is 23.2. The first-order chi connectivity index (χ1) is 18.9. The Morgan fingerprint density at radius 1 is 1.03 bits per heavy atom. The maximum absolute atomic E-state index is 13.0. The standard InChI is InChI=1S/C30H41BrN6O2/c1-36-16-14-24(15-17-36)37(2)29(39)20-10-12-23(13-11-20)34-30-32-19-26(31)27(35-30)18-21-6-5-9-25(21)28(38)33-22-7-3-4-8-22/h10-13,19,21-22,24-25H,3-9,14-18H2,1-2H3,(H,33,38)(H,32,34,35)/t21-,25-/m0/s1. The smallest absolute Gasteiger partial charge is 0.253 e. The molecule has 2 aromatic rings. The summed E-state index contributed by atoms with van der Waals surface area (Å²) in [6.45, 7) is 2.05. The van der Waals surface area contributed by atoms with Gasteiger partial charge in [-0.1, -0.05) is 19.3 Å². The predicted molar refractivity (Wildman–Crippen MR) is 157 cm³/mol. The third-order valence-corrected chi connectivity index (χ3v) is 9.58. The molecule has 0 bridgehead atoms. The van der Waals surface area contributed by atoms with E-state index in [2.05, 4.69) is 43.5 Å². The second-order valence-corrected chi connectivity index (χ2v) is 12.5. The van der Waals surface area contributed by atoms with Crippen molar-refractivity contribution >= 4 is 39.4 Å². The van der Waals surface area contributed by atoms with Crippen LogP contribution in [-0.2, 0) is 11.2 Å². The number of benzene rings is 1. The van der Waals surface area contributed by atoms with Crippen molar-refractivity contribution in [1.29, 1.82) is 0 Å². The molecule has 0 spiro atoms. The van der Waals surface area contributed by atoms with E-state index >= 15 is 0 Å². The Bertz CT molecular complexity index is 1140. The number of piperidine rings is 1. The van der Waals surface area contributed by atoms with Gasteiger partial charge in [0.05, 0.1) is 10.2 Å². The van der Waals surface area contributed by atoms with Crippen LogP contribution in [0, 0.1) is 11.8 Å². The Labute approximate surface area is 240 Å². The van der Waals surface area contributed by atoms with Gasteiger partial charge in [-0.3, -0.25) is 9.59 Å². The summed E-state index contributed by atoms with van der Waals surface area (Å²) in [5.74, 6) is 1.14. The highest BCUT2D eigenvalue weighted by Gasteiger charge is 2.35.